The molecule has 0 fully saturated rings. The van der Waals surface area contributed by atoms with Crippen molar-refractivity contribution >= 4 is 28.8 Å². The Morgan fingerprint density at radius 3 is 2.19 bits per heavy atom. The number of amides is 2. The Labute approximate surface area is 213 Å². The average Bonchev–Trinajstić information content (AvgIpc) is 3.36. The van der Waals surface area contributed by atoms with Crippen LogP contribution in [0.25, 0.3) is 17.0 Å². The number of aromatic nitrogens is 3. The van der Waals surface area contributed by atoms with E-state index < -0.39 is 23.2 Å². The number of hydrogen-bond donors (Lipinski definition) is 1. The van der Waals surface area contributed by atoms with Gasteiger partial charge in [-0.1, -0.05) is 26.0 Å². The summed E-state index contributed by atoms with van der Waals surface area (Å²) in [5, 5.41) is 3.06. The highest BCUT2D eigenvalue weighted by molar-refractivity contribution is 6.53. The number of H-pyrrole nitrogens is 1. The lowest BCUT2D eigenvalue weighted by Crippen LogP contribution is -2.39. The maximum atomic E-state index is 14.0. The van der Waals surface area contributed by atoms with Gasteiger partial charge in [0, 0.05) is 17.8 Å². The van der Waals surface area contributed by atoms with Gasteiger partial charge in [0.25, 0.3) is 17.2 Å². The van der Waals surface area contributed by atoms with Crippen LogP contribution >= 0.6 is 0 Å². The molecule has 0 saturated heterocycles. The number of rotatable bonds is 6. The number of hydrogen-bond acceptors (Lipinski definition) is 3. The molecule has 5 rings (SSSR count). The highest BCUT2D eigenvalue weighted by Gasteiger charge is 2.48. The molecule has 0 unspecified atom stereocenters. The zero-order valence-corrected chi connectivity index (χ0v) is 20.8. The van der Waals surface area contributed by atoms with E-state index in [4.69, 9.17) is 0 Å². The van der Waals surface area contributed by atoms with Crippen LogP contribution in [0.3, 0.4) is 0 Å². The summed E-state index contributed by atoms with van der Waals surface area (Å²) in [4.78, 5) is 42.7. The Balaban J connectivity index is 1.76. The van der Waals surface area contributed by atoms with E-state index >= 15 is 0 Å². The van der Waals surface area contributed by atoms with Gasteiger partial charge in [-0.2, -0.15) is 4.57 Å². The monoisotopic (exact) mass is 497 g/mol. The third-order valence-electron chi connectivity index (χ3n) is 6.54. The lowest BCUT2D eigenvalue weighted by molar-refractivity contribution is -0.576. The van der Waals surface area contributed by atoms with Crippen molar-refractivity contribution in [1.82, 2.24) is 9.78 Å². The number of carbonyl (C=O) groups excluding carboxylic acids is 2. The zero-order chi connectivity index (χ0) is 26.3. The summed E-state index contributed by atoms with van der Waals surface area (Å²) in [5.41, 5.74) is 3.08. The van der Waals surface area contributed by atoms with Gasteiger partial charge in [0.05, 0.1) is 16.9 Å². The van der Waals surface area contributed by atoms with Crippen molar-refractivity contribution in [2.75, 3.05) is 4.90 Å². The molecular formula is C29H26FN4O3+. The predicted molar refractivity (Wildman–Crippen MR) is 139 cm³/mol. The second kappa shape index (κ2) is 9.46. The molecule has 186 valence electrons. The Kier molecular flexibility index (Phi) is 6.17. The molecule has 2 aromatic carbocycles. The normalized spacial score (nSPS) is 13.7. The van der Waals surface area contributed by atoms with Crippen molar-refractivity contribution in [3.8, 4) is 5.69 Å². The molecule has 0 aliphatic carbocycles. The van der Waals surface area contributed by atoms with Gasteiger partial charge in [-0.25, -0.2) is 14.0 Å². The minimum atomic E-state index is -0.574. The first-order valence-corrected chi connectivity index (χ1v) is 12.1. The molecule has 0 saturated carbocycles. The maximum absolute atomic E-state index is 14.0. The van der Waals surface area contributed by atoms with Crippen molar-refractivity contribution in [2.24, 2.45) is 0 Å². The van der Waals surface area contributed by atoms with Gasteiger partial charge in [0.1, 0.15) is 11.4 Å². The quantitative estimate of drug-likeness (QED) is 0.324. The summed E-state index contributed by atoms with van der Waals surface area (Å²) in [6.07, 6.45) is 4.68. The number of pyridine rings is 1. The van der Waals surface area contributed by atoms with Crippen LogP contribution in [0.1, 0.15) is 36.2 Å². The van der Waals surface area contributed by atoms with Gasteiger partial charge in [-0.15, -0.1) is 0 Å². The maximum Gasteiger partial charge on any atom is 0.331 e. The van der Waals surface area contributed by atoms with Gasteiger partial charge in [-0.3, -0.25) is 19.5 Å². The molecule has 8 heteroatoms. The number of benzene rings is 2. The number of nitrogens with one attached hydrogen (secondary N) is 1. The highest BCUT2D eigenvalue weighted by Crippen LogP contribution is 2.33. The summed E-state index contributed by atoms with van der Waals surface area (Å²) in [6.45, 7) is 5.76. The molecule has 2 aromatic heterocycles. The van der Waals surface area contributed by atoms with Crippen molar-refractivity contribution in [1.29, 1.82) is 0 Å². The molecule has 1 aliphatic rings. The Bertz CT molecular complexity index is 1610. The predicted octanol–water partition coefficient (Wildman–Crippen LogP) is 3.97. The second-order valence-electron chi connectivity index (χ2n) is 8.91. The number of nitrogens with zero attached hydrogens (tertiary/aromatic N) is 3. The van der Waals surface area contributed by atoms with Crippen LogP contribution in [0.15, 0.2) is 77.9 Å². The summed E-state index contributed by atoms with van der Waals surface area (Å²) in [5.74, 6) is -1.52. The standard InChI is InChI=1S/C29H25FN4O3/c1-4-19-13-15-32(16-14-19)26-25(27(35)33(29(26)37)22-8-6-7-18(3)17-22)24-23(5-2)31-34(28(24)36)21-11-9-20(30)10-12-21/h6-17H,4-5H2,1-3H3/p+1. The number of carbonyl (C=O) groups is 2. The lowest BCUT2D eigenvalue weighted by atomic mass is 10.0. The molecule has 2 amide bonds. The fourth-order valence-electron chi connectivity index (χ4n) is 4.59. The zero-order valence-electron chi connectivity index (χ0n) is 20.8. The van der Waals surface area contributed by atoms with Crippen LogP contribution in [-0.2, 0) is 22.4 Å². The van der Waals surface area contributed by atoms with Crippen molar-refractivity contribution in [3.63, 3.8) is 0 Å². The van der Waals surface area contributed by atoms with Crippen molar-refractivity contribution < 1.29 is 18.5 Å². The highest BCUT2D eigenvalue weighted by atomic mass is 19.1. The molecule has 7 nitrogen and oxygen atoms in total. The Morgan fingerprint density at radius 1 is 0.865 bits per heavy atom. The van der Waals surface area contributed by atoms with Gasteiger partial charge < -0.3 is 0 Å². The van der Waals surface area contributed by atoms with Gasteiger partial charge in [0.2, 0.25) is 0 Å². The number of imide groups is 1. The molecule has 0 spiro atoms. The Hall–Kier alpha value is -4.59. The lowest BCUT2D eigenvalue weighted by Gasteiger charge is -2.14. The number of aryl methyl sites for hydroxylation is 3. The first kappa shape index (κ1) is 24.1. The number of anilines is 1. The summed E-state index contributed by atoms with van der Waals surface area (Å²) >= 11 is 0. The van der Waals surface area contributed by atoms with E-state index in [-0.39, 0.29) is 16.8 Å². The first-order chi connectivity index (χ1) is 17.8. The van der Waals surface area contributed by atoms with E-state index in [1.165, 1.54) is 28.9 Å². The molecule has 37 heavy (non-hydrogen) atoms. The van der Waals surface area contributed by atoms with Crippen LogP contribution in [0.4, 0.5) is 10.1 Å². The average molecular weight is 498 g/mol. The van der Waals surface area contributed by atoms with E-state index in [2.05, 4.69) is 5.10 Å². The smallest absolute Gasteiger partial charge is 0.294 e. The van der Waals surface area contributed by atoms with Gasteiger partial charge in [0.15, 0.2) is 12.4 Å². The molecule has 4 aromatic rings. The summed E-state index contributed by atoms with van der Waals surface area (Å²) in [6, 6.07) is 16.3. The van der Waals surface area contributed by atoms with Crippen LogP contribution in [0, 0.1) is 12.7 Å². The SMILES string of the molecule is CCc1cc[n+](C2=C(c3c(CC)[nH]n(-c4ccc(F)cc4)c3=O)C(=O)N(c3cccc(C)c3)C2=O)cc1. The second-order valence-corrected chi connectivity index (χ2v) is 8.91. The van der Waals surface area contributed by atoms with E-state index in [9.17, 15) is 18.8 Å². The fraction of sp³-hybridized carbons (Fsp3) is 0.172. The third-order valence-corrected chi connectivity index (χ3v) is 6.54. The molecule has 3 heterocycles. The van der Waals surface area contributed by atoms with E-state index in [0.29, 0.717) is 23.5 Å². The molecule has 0 atom stereocenters. The Morgan fingerprint density at radius 2 is 1.57 bits per heavy atom. The summed E-state index contributed by atoms with van der Waals surface area (Å²) in [7, 11) is 0. The van der Waals surface area contributed by atoms with Crippen LogP contribution in [0.2, 0.25) is 0 Å². The van der Waals surface area contributed by atoms with Crippen molar-refractivity contribution in [2.45, 2.75) is 33.6 Å². The number of aromatic amines is 1. The van der Waals surface area contributed by atoms with Crippen LogP contribution in [-0.4, -0.2) is 21.6 Å². The van der Waals surface area contributed by atoms with Crippen LogP contribution in [0.5, 0.6) is 0 Å². The van der Waals surface area contributed by atoms with Gasteiger partial charge >= 0.3 is 5.91 Å². The largest absolute Gasteiger partial charge is 0.331 e. The molecule has 1 aliphatic heterocycles. The minimum Gasteiger partial charge on any atom is -0.294 e. The van der Waals surface area contributed by atoms with Crippen molar-refractivity contribution in [3.05, 3.63) is 112 Å². The molecule has 1 N–H and O–H groups in total. The molecule has 0 bridgehead atoms. The van der Waals surface area contributed by atoms with E-state index in [0.717, 1.165) is 22.4 Å². The number of halogens is 1. The molecule has 0 radical (unpaired) electrons. The first-order valence-electron chi connectivity index (χ1n) is 12.1. The summed E-state index contributed by atoms with van der Waals surface area (Å²) < 4.78 is 16.4. The van der Waals surface area contributed by atoms with Crippen LogP contribution < -0.4 is 15.0 Å². The third kappa shape index (κ3) is 4.10. The topological polar surface area (TPSA) is 79.1 Å². The molecular weight excluding hydrogens is 471 g/mol. The minimum absolute atomic E-state index is 0.0275. The fourth-order valence-corrected chi connectivity index (χ4v) is 4.59. The van der Waals surface area contributed by atoms with Gasteiger partial charge in [-0.05, 0) is 67.3 Å². The van der Waals surface area contributed by atoms with E-state index in [1.54, 1.807) is 35.2 Å². The van der Waals surface area contributed by atoms with E-state index in [1.807, 2.05) is 39.0 Å².